The number of unbranched alkanes of at least 4 members (excludes halogenated alkanes) is 13. The van der Waals surface area contributed by atoms with Gasteiger partial charge in [0.1, 0.15) is 26.3 Å². The minimum absolute atomic E-state index is 0.103. The molecule has 236 valence electrons. The number of rotatable bonds is 29. The van der Waals surface area contributed by atoms with E-state index in [1.54, 1.807) is 7.11 Å². The molecule has 0 radical (unpaired) electrons. The number of methoxy groups -OCH3 is 1. The highest BCUT2D eigenvalue weighted by atomic mass is 31.2. The van der Waals surface area contributed by atoms with Crippen molar-refractivity contribution < 1.29 is 32.1 Å². The molecule has 0 aromatic carbocycles. The van der Waals surface area contributed by atoms with E-state index in [-0.39, 0.29) is 6.10 Å². The Bertz CT molecular complexity index is 569. The third-order valence-corrected chi connectivity index (χ3v) is 9.06. The van der Waals surface area contributed by atoms with E-state index in [1.165, 1.54) is 83.5 Å². The summed E-state index contributed by atoms with van der Waals surface area (Å²) < 4.78 is 38.2. The smallest absolute Gasteiger partial charge is 0.331 e. The third-order valence-electron chi connectivity index (χ3n) is 7.10. The van der Waals surface area contributed by atoms with Gasteiger partial charge in [-0.15, -0.1) is 0 Å². The van der Waals surface area contributed by atoms with E-state index in [4.69, 9.17) is 18.5 Å². The molecule has 0 saturated carbocycles. The Kier molecular flexibility index (Phi) is 23.5. The van der Waals surface area contributed by atoms with Gasteiger partial charge in [-0.05, 0) is 12.8 Å². The number of nitrogens with zero attached hydrogens (tertiary/aromatic N) is 2. The molecular formula is C31H69N2O5P+2. The molecule has 1 atom stereocenters. The predicted octanol–water partition coefficient (Wildman–Crippen LogP) is 7.53. The second-order valence-corrected chi connectivity index (χ2v) is 15.5. The predicted molar refractivity (Wildman–Crippen MR) is 167 cm³/mol. The molecule has 0 bridgehead atoms. The molecule has 1 unspecified atom stereocenters. The fraction of sp³-hybridized carbons (Fsp3) is 1.00. The first kappa shape index (κ1) is 39.0. The fourth-order valence-corrected chi connectivity index (χ4v) is 5.92. The minimum Gasteiger partial charge on any atom is -0.379 e. The Morgan fingerprint density at radius 1 is 0.615 bits per heavy atom. The van der Waals surface area contributed by atoms with Crippen LogP contribution in [-0.4, -0.2) is 110 Å². The van der Waals surface area contributed by atoms with Crippen molar-refractivity contribution in [1.29, 1.82) is 0 Å². The molecule has 8 heteroatoms. The molecule has 0 spiro atoms. The minimum atomic E-state index is -3.19. The molecule has 0 aliphatic rings. The Labute approximate surface area is 244 Å². The SMILES string of the molecule is CCCCCCCCCCCCCCCCOCC(CCP(=O)(OCC[N+](C)(C)C)OCC[N+](C)(C)C)OC. The van der Waals surface area contributed by atoms with E-state index in [0.29, 0.717) is 32.4 Å². The summed E-state index contributed by atoms with van der Waals surface area (Å²) in [6.45, 7) is 5.94. The zero-order valence-corrected chi connectivity index (χ0v) is 28.4. The Morgan fingerprint density at radius 3 is 1.41 bits per heavy atom. The van der Waals surface area contributed by atoms with Crippen LogP contribution in [0.25, 0.3) is 0 Å². The van der Waals surface area contributed by atoms with Gasteiger partial charge in [0.2, 0.25) is 0 Å². The van der Waals surface area contributed by atoms with E-state index < -0.39 is 7.60 Å². The summed E-state index contributed by atoms with van der Waals surface area (Å²) in [6.07, 6.45) is 19.8. The molecule has 0 aliphatic heterocycles. The quantitative estimate of drug-likeness (QED) is 0.0520. The van der Waals surface area contributed by atoms with Gasteiger partial charge in [0, 0.05) is 13.7 Å². The average molecular weight is 581 g/mol. The molecule has 0 aliphatic carbocycles. The van der Waals surface area contributed by atoms with Crippen molar-refractivity contribution in [1.82, 2.24) is 0 Å². The normalized spacial score (nSPS) is 13.7. The van der Waals surface area contributed by atoms with E-state index >= 15 is 0 Å². The second kappa shape index (κ2) is 23.5. The van der Waals surface area contributed by atoms with Crippen molar-refractivity contribution in [2.24, 2.45) is 0 Å². The van der Waals surface area contributed by atoms with Gasteiger partial charge in [-0.25, -0.2) is 0 Å². The summed E-state index contributed by atoms with van der Waals surface area (Å²) >= 11 is 0. The zero-order chi connectivity index (χ0) is 29.5. The van der Waals surface area contributed by atoms with E-state index in [2.05, 4.69) is 49.2 Å². The highest BCUT2D eigenvalue weighted by Crippen LogP contribution is 2.49. The van der Waals surface area contributed by atoms with Crippen molar-refractivity contribution in [3.8, 4) is 0 Å². The highest BCUT2D eigenvalue weighted by Gasteiger charge is 2.28. The fourth-order valence-electron chi connectivity index (χ4n) is 4.26. The summed E-state index contributed by atoms with van der Waals surface area (Å²) in [6, 6.07) is 0. The molecule has 0 rings (SSSR count). The molecule has 0 saturated heterocycles. The number of ether oxygens (including phenoxy) is 2. The lowest BCUT2D eigenvalue weighted by atomic mass is 10.0. The molecule has 0 aromatic rings. The summed E-state index contributed by atoms with van der Waals surface area (Å²) in [4.78, 5) is 0. The van der Waals surface area contributed by atoms with Gasteiger partial charge in [0.25, 0.3) is 0 Å². The van der Waals surface area contributed by atoms with Crippen LogP contribution in [-0.2, 0) is 23.1 Å². The van der Waals surface area contributed by atoms with Crippen LogP contribution in [0.1, 0.15) is 103 Å². The number of hydrogen-bond donors (Lipinski definition) is 0. The topological polar surface area (TPSA) is 54.0 Å². The van der Waals surface area contributed by atoms with Crippen molar-refractivity contribution in [3.63, 3.8) is 0 Å². The molecule has 39 heavy (non-hydrogen) atoms. The van der Waals surface area contributed by atoms with Crippen LogP contribution in [0.2, 0.25) is 0 Å². The van der Waals surface area contributed by atoms with Crippen LogP contribution in [0.4, 0.5) is 0 Å². The molecule has 0 heterocycles. The van der Waals surface area contributed by atoms with Crippen LogP contribution in [0.15, 0.2) is 0 Å². The monoisotopic (exact) mass is 580 g/mol. The van der Waals surface area contributed by atoms with Crippen LogP contribution in [0, 0.1) is 0 Å². The first-order chi connectivity index (χ1) is 18.4. The molecule has 0 fully saturated rings. The van der Waals surface area contributed by atoms with Gasteiger partial charge in [0.05, 0.1) is 61.2 Å². The molecule has 0 amide bonds. The Balaban J connectivity index is 4.03. The van der Waals surface area contributed by atoms with Gasteiger partial charge < -0.3 is 27.5 Å². The first-order valence-electron chi connectivity index (χ1n) is 16.0. The van der Waals surface area contributed by atoms with Crippen LogP contribution < -0.4 is 0 Å². The lowest BCUT2D eigenvalue weighted by molar-refractivity contribution is -0.870. The van der Waals surface area contributed by atoms with Crippen molar-refractivity contribution >= 4 is 7.60 Å². The van der Waals surface area contributed by atoms with E-state index in [1.807, 2.05) is 0 Å². The molecule has 7 nitrogen and oxygen atoms in total. The van der Waals surface area contributed by atoms with Crippen LogP contribution in [0.3, 0.4) is 0 Å². The maximum absolute atomic E-state index is 13.5. The van der Waals surface area contributed by atoms with Gasteiger partial charge >= 0.3 is 7.60 Å². The maximum Gasteiger partial charge on any atom is 0.331 e. The lowest BCUT2D eigenvalue weighted by Crippen LogP contribution is -2.38. The van der Waals surface area contributed by atoms with Crippen LogP contribution >= 0.6 is 7.60 Å². The van der Waals surface area contributed by atoms with Gasteiger partial charge in [-0.3, -0.25) is 4.57 Å². The second-order valence-electron chi connectivity index (χ2n) is 13.3. The molecule has 0 N–H and O–H groups in total. The van der Waals surface area contributed by atoms with Gasteiger partial charge in [0.15, 0.2) is 0 Å². The molecule has 0 aromatic heterocycles. The largest absolute Gasteiger partial charge is 0.379 e. The van der Waals surface area contributed by atoms with Crippen molar-refractivity contribution in [3.05, 3.63) is 0 Å². The number of quaternary nitrogens is 2. The summed E-state index contributed by atoms with van der Waals surface area (Å²) in [5.74, 6) is 0. The number of hydrogen-bond acceptors (Lipinski definition) is 5. The average Bonchev–Trinajstić information content (AvgIpc) is 2.84. The van der Waals surface area contributed by atoms with E-state index in [0.717, 1.165) is 35.1 Å². The highest BCUT2D eigenvalue weighted by molar-refractivity contribution is 7.53. The van der Waals surface area contributed by atoms with E-state index in [9.17, 15) is 4.57 Å². The molecular weight excluding hydrogens is 511 g/mol. The summed E-state index contributed by atoms with van der Waals surface area (Å²) in [7, 11) is 11.1. The van der Waals surface area contributed by atoms with Crippen molar-refractivity contribution in [2.45, 2.75) is 109 Å². The Morgan fingerprint density at radius 2 is 1.03 bits per heavy atom. The third kappa shape index (κ3) is 27.9. The van der Waals surface area contributed by atoms with Crippen LogP contribution in [0.5, 0.6) is 0 Å². The first-order valence-corrected chi connectivity index (χ1v) is 17.7. The Hall–Kier alpha value is -0.0100. The zero-order valence-electron chi connectivity index (χ0n) is 27.5. The maximum atomic E-state index is 13.5. The van der Waals surface area contributed by atoms with Gasteiger partial charge in [-0.1, -0.05) is 90.4 Å². The summed E-state index contributed by atoms with van der Waals surface area (Å²) in [5.41, 5.74) is 0. The standard InChI is InChI=1S/C31H69N2O5P/c1-9-10-11-12-13-14-15-16-17-18-19-20-21-22-26-36-30-31(35-8)23-29-39(34,37-27-24-32(2,3)4)38-28-25-33(5,6)7/h31H,9-30H2,1-8H3/q+2. The lowest BCUT2D eigenvalue weighted by Gasteiger charge is -2.27. The summed E-state index contributed by atoms with van der Waals surface area (Å²) in [5, 5.41) is 0. The van der Waals surface area contributed by atoms with Gasteiger partial charge in [-0.2, -0.15) is 0 Å². The van der Waals surface area contributed by atoms with Crippen molar-refractivity contribution in [2.75, 3.05) is 95.1 Å². The number of likely N-dealkylation sites (N-methyl/N-ethyl adjacent to an activating group) is 2.